The van der Waals surface area contributed by atoms with Crippen LogP contribution >= 0.6 is 0 Å². The van der Waals surface area contributed by atoms with Gasteiger partial charge in [-0.15, -0.1) is 0 Å². The van der Waals surface area contributed by atoms with Crippen molar-refractivity contribution in [3.8, 4) is 89.7 Å². The molecule has 680 valence electrons. The highest BCUT2D eigenvalue weighted by Crippen LogP contribution is 2.58. The van der Waals surface area contributed by atoms with Crippen LogP contribution in [0.1, 0.15) is 316 Å². The molecule has 12 nitrogen and oxygen atoms in total. The predicted molar refractivity (Wildman–Crippen MR) is 557 cm³/mol. The van der Waals surface area contributed by atoms with Crippen molar-refractivity contribution in [2.75, 3.05) is 0 Å². The van der Waals surface area contributed by atoms with Gasteiger partial charge in [0.05, 0.1) is 39.3 Å². The highest BCUT2D eigenvalue weighted by Gasteiger charge is 2.44. The van der Waals surface area contributed by atoms with Crippen molar-refractivity contribution >= 4 is 88.0 Å². The van der Waals surface area contributed by atoms with Crippen LogP contribution in [0.15, 0.2) is 237 Å². The lowest BCUT2D eigenvalue weighted by molar-refractivity contribution is -0.660. The maximum atomic E-state index is 8.90. The third kappa shape index (κ3) is 13.5. The monoisotopic (exact) mass is 1840 g/mol. The third-order valence-electron chi connectivity index (χ3n) is 27.6. The first-order valence-electron chi connectivity index (χ1n) is 69.8. The number of pyridine rings is 8. The summed E-state index contributed by atoms with van der Waals surface area (Å²) in [4.78, 5) is 18.5. The average molecular weight is 1840 g/mol. The SMILES string of the molecule is [2H]C([2H])([2H])c1c[n+](C)c(-c2c(C)ccc3c2oc2c4c(ccc23)-c2cccnc2C4(C)C([2H])([2H])[2H])cc1C([2H])(C([2H])([2H])[2H])C([2H])([2H])[2H].[2H]C([2H])([2H])c1c[n+](C)c(-c2c(C)ccc3c2oc2c4c(cnc23)C(C)(C([2H])([2H])[2H])c2ccccc2-4)cc1C([2H])(C([2H])([2H])[2H])C([2H])([2H])[2H].[2H]C([2H])([2H])c1c[n+](C)c(-c2c(C)ccc3c2oc2cc4c(cc23)C(C)(C([2H])([2H])[2H])c2ncccc2-4)cc1C([2H])(C([2H])([2H])[2H])C([2H])([2H])[2H].[2H]C([2H])([2H])c1c[n+](C)c(-c2c(C)ccc3c2oc2nc4c(cc23)C(C)(C([2H])([2H])[2H])c2ccccc2-4)cc1C([2H])(C([2H])([2H])[2H])C([2H])([2H])[2H]. The summed E-state index contributed by atoms with van der Waals surface area (Å²) >= 11 is 0. The molecule has 0 radical (unpaired) electrons. The zero-order valence-corrected chi connectivity index (χ0v) is 76.0. The molecular formula is C124H124N8O4+4. The fraction of sp³-hybridized carbons (Fsp3) is 0.290. The number of furan rings is 4. The van der Waals surface area contributed by atoms with Crippen molar-refractivity contribution in [1.29, 1.82) is 0 Å². The molecule has 24 rings (SSSR count). The molecule has 4 aliphatic carbocycles. The molecular weight excluding hydrogens is 1670 g/mol. The average Bonchev–Trinajstić information content (AvgIpc) is 1.58. The summed E-state index contributed by atoms with van der Waals surface area (Å²) < 4.78 is 461. The maximum Gasteiger partial charge on any atom is 0.227 e. The van der Waals surface area contributed by atoms with Gasteiger partial charge in [-0.2, -0.15) is 0 Å². The fourth-order valence-electron chi connectivity index (χ4n) is 20.8. The minimum absolute atomic E-state index is 0.209. The molecule has 4 unspecified atom stereocenters. The van der Waals surface area contributed by atoms with Crippen LogP contribution in [0.5, 0.6) is 0 Å². The molecule has 0 N–H and O–H groups in total. The van der Waals surface area contributed by atoms with Crippen LogP contribution in [0.3, 0.4) is 0 Å². The molecule has 0 fully saturated rings. The van der Waals surface area contributed by atoms with Crippen LogP contribution in [0.2, 0.25) is 0 Å². The lowest BCUT2D eigenvalue weighted by Gasteiger charge is -2.20. The third-order valence-corrected chi connectivity index (χ3v) is 27.6. The number of nitrogens with zero attached hydrogens (tertiary/aromatic N) is 8. The zero-order chi connectivity index (χ0) is 139. The molecule has 12 aromatic heterocycles. The first kappa shape index (κ1) is 47.6. The minimum Gasteiger partial charge on any atom is -0.455 e. The fourth-order valence-corrected chi connectivity index (χ4v) is 20.8. The predicted octanol–water partition coefficient (Wildman–Crippen LogP) is 30.1. The van der Waals surface area contributed by atoms with E-state index in [0.29, 0.717) is 216 Å². The molecule has 0 bridgehead atoms. The van der Waals surface area contributed by atoms with Gasteiger partial charge < -0.3 is 17.7 Å². The minimum atomic E-state index is -3.43. The van der Waals surface area contributed by atoms with Crippen LogP contribution in [-0.2, 0) is 49.9 Å². The van der Waals surface area contributed by atoms with Crippen molar-refractivity contribution < 1.29 is 107 Å². The van der Waals surface area contributed by atoms with Gasteiger partial charge in [0.1, 0.15) is 56.0 Å². The van der Waals surface area contributed by atoms with Crippen molar-refractivity contribution in [3.05, 3.63) is 331 Å². The smallest absolute Gasteiger partial charge is 0.227 e. The van der Waals surface area contributed by atoms with E-state index in [1.807, 2.05) is 60.7 Å². The number of rotatable bonds is 8. The highest BCUT2D eigenvalue weighted by atomic mass is 16.3. The van der Waals surface area contributed by atoms with Crippen molar-refractivity contribution in [1.82, 2.24) is 19.9 Å². The quantitative estimate of drug-likeness (QED) is 0.138. The standard InChI is InChI=1S/4C31H31N2O/c1-17(2)24-15-25(33(7)16-19(24)4)26-18(3)10-11-21-22-13-12-20-23-9-8-14-32-30(23)31(5,6)27(20)29(22)34-28(21)26;1-17(2)22-14-26(33(7)16-19(22)4)28-18(3)10-11-20-24-13-25-23(15-27(24)34-29(20)28)21-9-8-12-32-30(21)31(25,5)6;1-17(2)22-15-26(33(7)16-19(22)4)27-18(3)12-13-20-23-14-25-28(32-30(23)34-29(20)27)21-10-8-9-11-24(21)31(25,5)6;1-17(2)22-14-25(33(7)16-19(22)4)26-18(3)12-13-21-28-30(34-29(21)26)27-20-10-8-9-11-23(20)31(5,6)24(27)15-32-28/h4*8-17H,1-7H3/q4*+1/i4*1D3,2D3,4D3,5D3,17D. The van der Waals surface area contributed by atoms with E-state index in [1.54, 1.807) is 179 Å². The Balaban J connectivity index is 0.000000139. The van der Waals surface area contributed by atoms with E-state index < -0.39 is 199 Å². The van der Waals surface area contributed by atoms with Crippen LogP contribution in [0.25, 0.3) is 178 Å². The summed E-state index contributed by atoms with van der Waals surface area (Å²) in [5.41, 5.74) is 6.65. The zero-order valence-electron chi connectivity index (χ0n) is 128. The second-order valence-electron chi connectivity index (χ2n) is 36.4. The molecule has 4 atom stereocenters. The first-order valence-corrected chi connectivity index (χ1v) is 43.8. The number of aromatic nitrogens is 8. The topological polar surface area (TPSA) is 120 Å². The van der Waals surface area contributed by atoms with E-state index >= 15 is 0 Å². The van der Waals surface area contributed by atoms with Crippen molar-refractivity contribution in [3.63, 3.8) is 0 Å². The Kier molecular flexibility index (Phi) is 11.2. The summed E-state index contributed by atoms with van der Waals surface area (Å²) in [6.45, 7) is -35.3. The summed E-state index contributed by atoms with van der Waals surface area (Å²) in [5, 5.41) is 4.08. The summed E-state index contributed by atoms with van der Waals surface area (Å²) in [6.07, 6.45) is 9.27. The van der Waals surface area contributed by atoms with Gasteiger partial charge in [0.2, 0.25) is 28.5 Å². The van der Waals surface area contributed by atoms with Crippen LogP contribution in [0, 0.1) is 55.1 Å². The number of hydrogen-bond donors (Lipinski definition) is 0. The molecule has 0 saturated carbocycles. The summed E-state index contributed by atoms with van der Waals surface area (Å²) in [7, 11) is 6.17. The number of benzene rings is 8. The lowest BCUT2D eigenvalue weighted by atomic mass is 9.82. The van der Waals surface area contributed by atoms with Gasteiger partial charge in [0.25, 0.3) is 0 Å². The van der Waals surface area contributed by atoms with Crippen LogP contribution < -0.4 is 18.3 Å². The maximum absolute atomic E-state index is 8.90. The van der Waals surface area contributed by atoms with Crippen LogP contribution in [-0.4, -0.2) is 19.9 Å². The van der Waals surface area contributed by atoms with E-state index in [-0.39, 0.29) is 28.5 Å². The molecule has 4 aliphatic rings. The van der Waals surface area contributed by atoms with Gasteiger partial charge in [0.15, 0.2) is 41.5 Å². The largest absolute Gasteiger partial charge is 0.455 e. The van der Waals surface area contributed by atoms with E-state index in [0.717, 1.165) is 49.1 Å². The van der Waals surface area contributed by atoms with Gasteiger partial charge in [-0.1, -0.05) is 205 Å². The summed E-state index contributed by atoms with van der Waals surface area (Å²) in [6, 6.07) is 49.5. The molecule has 8 aromatic carbocycles. The molecule has 0 amide bonds. The molecule has 0 aliphatic heterocycles. The van der Waals surface area contributed by atoms with E-state index in [9.17, 15) is 0 Å². The Labute approximate surface area is 871 Å². The molecule has 0 spiro atoms. The van der Waals surface area contributed by atoms with Gasteiger partial charge in [-0.05, 0) is 224 Å². The Hall–Kier alpha value is -13.8. The van der Waals surface area contributed by atoms with E-state index in [1.165, 1.54) is 32.4 Å². The molecule has 136 heavy (non-hydrogen) atoms. The molecule has 0 saturated heterocycles. The van der Waals surface area contributed by atoms with E-state index in [4.69, 9.17) is 93.9 Å². The van der Waals surface area contributed by atoms with Gasteiger partial charge in [-0.3, -0.25) is 15.0 Å². The molecule has 12 heteroatoms. The normalized spacial score (nSPS) is 24.5. The van der Waals surface area contributed by atoms with E-state index in [2.05, 4.69) is 15.0 Å². The number of hydrogen-bond acceptors (Lipinski definition) is 8. The Bertz CT molecular complexity index is 10400. The highest BCUT2D eigenvalue weighted by molar-refractivity contribution is 6.16. The van der Waals surface area contributed by atoms with Gasteiger partial charge in [-0.25, -0.2) is 23.3 Å². The summed E-state index contributed by atoms with van der Waals surface area (Å²) in [5.74, 6) is -13.1. The molecule has 12 heterocycles. The Morgan fingerprint density at radius 1 is 0.316 bits per heavy atom. The van der Waals surface area contributed by atoms with Gasteiger partial charge in [0, 0.05) is 224 Å². The second kappa shape index (κ2) is 31.9. The van der Waals surface area contributed by atoms with Crippen LogP contribution in [0.4, 0.5) is 0 Å². The lowest BCUT2D eigenvalue weighted by Crippen LogP contribution is -2.32. The number of fused-ring (bicyclic) bond motifs is 26. The number of aryl methyl sites for hydroxylation is 12. The van der Waals surface area contributed by atoms with Crippen molar-refractivity contribution in [2.45, 2.75) is 210 Å². The first-order chi connectivity index (χ1) is 85.8. The Morgan fingerprint density at radius 2 is 0.721 bits per heavy atom. The molecule has 20 aromatic rings. The Morgan fingerprint density at radius 3 is 1.23 bits per heavy atom. The second-order valence-corrected chi connectivity index (χ2v) is 36.4. The van der Waals surface area contributed by atoms with Crippen molar-refractivity contribution in [2.24, 2.45) is 28.2 Å². The van der Waals surface area contributed by atoms with Gasteiger partial charge >= 0.3 is 0 Å².